The second-order valence-corrected chi connectivity index (χ2v) is 6.27. The van der Waals surface area contributed by atoms with Crippen LogP contribution in [-0.4, -0.2) is 23.8 Å². The number of hydrogen-bond donors (Lipinski definition) is 1. The van der Waals surface area contributed by atoms with Crippen LogP contribution >= 0.6 is 11.6 Å². The first kappa shape index (κ1) is 17.9. The van der Waals surface area contributed by atoms with E-state index >= 15 is 0 Å². The molecule has 1 aromatic heterocycles. The van der Waals surface area contributed by atoms with Gasteiger partial charge >= 0.3 is 5.97 Å². The van der Waals surface area contributed by atoms with Crippen LogP contribution in [0.2, 0.25) is 5.02 Å². The van der Waals surface area contributed by atoms with Gasteiger partial charge in [-0.25, -0.2) is 4.79 Å². The fourth-order valence-electron chi connectivity index (χ4n) is 2.69. The van der Waals surface area contributed by atoms with Crippen LogP contribution in [0.3, 0.4) is 0 Å². The topological polar surface area (TPSA) is 109 Å². The highest BCUT2D eigenvalue weighted by Gasteiger charge is 2.25. The number of benzene rings is 2. The van der Waals surface area contributed by atoms with Crippen LogP contribution in [0.1, 0.15) is 21.7 Å². The van der Waals surface area contributed by atoms with Gasteiger partial charge in [0.1, 0.15) is 17.0 Å². The number of carbonyl (C=O) groups excluding carboxylic acids is 1. The van der Waals surface area contributed by atoms with Crippen molar-refractivity contribution in [1.82, 2.24) is 5.16 Å². The largest absolute Gasteiger partial charge is 0.454 e. The lowest BCUT2D eigenvalue weighted by molar-refractivity contribution is 0.0515. The number of ether oxygens (including phenoxy) is 2. The van der Waals surface area contributed by atoms with E-state index in [1.165, 1.54) is 0 Å². The van der Waals surface area contributed by atoms with Crippen molar-refractivity contribution in [2.24, 2.45) is 10.9 Å². The Hall–Kier alpha value is -3.52. The predicted octanol–water partition coefficient (Wildman–Crippen LogP) is 3.51. The number of halogens is 1. The average Bonchev–Trinajstić information content (AvgIpc) is 3.32. The molecular formula is C19H14ClN3O5. The monoisotopic (exact) mass is 399 g/mol. The summed E-state index contributed by atoms with van der Waals surface area (Å²) in [5.41, 5.74) is 7.37. The molecule has 0 spiro atoms. The standard InChI is InChI=1S/C19H14ClN3O5/c1-10-16(17(22-27-10)12-4-2-3-5-13(12)20)19(24)28-23-18(21)11-6-7-14-15(8-11)26-9-25-14/h2-8H,9H2,1H3,(H2,21,23). The van der Waals surface area contributed by atoms with Crippen LogP contribution in [0.4, 0.5) is 0 Å². The van der Waals surface area contributed by atoms with Crippen LogP contribution in [0, 0.1) is 6.92 Å². The summed E-state index contributed by atoms with van der Waals surface area (Å²) in [4.78, 5) is 17.6. The predicted molar refractivity (Wildman–Crippen MR) is 100 cm³/mol. The van der Waals surface area contributed by atoms with Crippen molar-refractivity contribution in [3.63, 3.8) is 0 Å². The number of hydrogen-bond acceptors (Lipinski definition) is 7. The Labute approximate surface area is 164 Å². The van der Waals surface area contributed by atoms with Gasteiger partial charge < -0.3 is 24.6 Å². The summed E-state index contributed by atoms with van der Waals surface area (Å²) in [7, 11) is 0. The molecular weight excluding hydrogens is 386 g/mol. The zero-order valence-corrected chi connectivity index (χ0v) is 15.4. The van der Waals surface area contributed by atoms with Gasteiger partial charge in [0.15, 0.2) is 17.3 Å². The Morgan fingerprint density at radius 2 is 2.00 bits per heavy atom. The van der Waals surface area contributed by atoms with E-state index in [9.17, 15) is 4.79 Å². The van der Waals surface area contributed by atoms with Crippen LogP contribution in [0.15, 0.2) is 52.1 Å². The third-order valence-corrected chi connectivity index (χ3v) is 4.42. The Morgan fingerprint density at radius 1 is 1.21 bits per heavy atom. The molecule has 1 aliphatic heterocycles. The molecule has 2 N–H and O–H groups in total. The van der Waals surface area contributed by atoms with Gasteiger partial charge in [0, 0.05) is 11.1 Å². The van der Waals surface area contributed by atoms with E-state index in [0.717, 1.165) is 0 Å². The van der Waals surface area contributed by atoms with Gasteiger partial charge in [0.25, 0.3) is 0 Å². The summed E-state index contributed by atoms with van der Waals surface area (Å²) in [5.74, 6) is 0.657. The molecule has 0 radical (unpaired) electrons. The molecule has 0 atom stereocenters. The molecule has 0 fully saturated rings. The van der Waals surface area contributed by atoms with E-state index in [-0.39, 0.29) is 29.6 Å². The maximum Gasteiger partial charge on any atom is 0.371 e. The maximum atomic E-state index is 12.6. The molecule has 0 saturated carbocycles. The molecule has 2 aromatic carbocycles. The number of nitrogens with zero attached hydrogens (tertiary/aromatic N) is 2. The third kappa shape index (κ3) is 3.25. The van der Waals surface area contributed by atoms with Crippen LogP contribution in [0.25, 0.3) is 11.3 Å². The number of fused-ring (bicyclic) bond motifs is 1. The fraction of sp³-hybridized carbons (Fsp3) is 0.105. The molecule has 8 nitrogen and oxygen atoms in total. The number of oxime groups is 1. The summed E-state index contributed by atoms with van der Waals surface area (Å²) < 4.78 is 15.7. The second-order valence-electron chi connectivity index (χ2n) is 5.87. The van der Waals surface area contributed by atoms with Gasteiger partial charge in [0.05, 0.1) is 5.02 Å². The number of nitrogens with two attached hydrogens (primary N) is 1. The van der Waals surface area contributed by atoms with Gasteiger partial charge in [-0.3, -0.25) is 0 Å². The van der Waals surface area contributed by atoms with Gasteiger partial charge in [-0.15, -0.1) is 0 Å². The first-order valence-electron chi connectivity index (χ1n) is 8.20. The van der Waals surface area contributed by atoms with Crippen molar-refractivity contribution < 1.29 is 23.6 Å². The molecule has 0 saturated heterocycles. The Kier molecular flexibility index (Phi) is 4.62. The Balaban J connectivity index is 1.58. The van der Waals surface area contributed by atoms with Crippen molar-refractivity contribution in [3.8, 4) is 22.8 Å². The molecule has 142 valence electrons. The van der Waals surface area contributed by atoms with Crippen LogP contribution in [0.5, 0.6) is 11.5 Å². The van der Waals surface area contributed by atoms with Crippen LogP contribution in [-0.2, 0) is 4.84 Å². The summed E-state index contributed by atoms with van der Waals surface area (Å²) in [6, 6.07) is 12.0. The van der Waals surface area contributed by atoms with Crippen molar-refractivity contribution in [1.29, 1.82) is 0 Å². The number of carbonyl (C=O) groups is 1. The lowest BCUT2D eigenvalue weighted by atomic mass is 10.1. The first-order chi connectivity index (χ1) is 13.5. The SMILES string of the molecule is Cc1onc(-c2ccccc2Cl)c1C(=O)O/N=C(\N)c1ccc2c(c1)OCO2. The molecule has 0 bridgehead atoms. The van der Waals surface area contributed by atoms with Gasteiger partial charge in [-0.05, 0) is 31.2 Å². The molecule has 28 heavy (non-hydrogen) atoms. The average molecular weight is 400 g/mol. The van der Waals surface area contributed by atoms with Gasteiger partial charge in [0.2, 0.25) is 6.79 Å². The normalized spacial score (nSPS) is 12.9. The molecule has 1 aliphatic rings. The van der Waals surface area contributed by atoms with E-state index in [4.69, 9.17) is 36.2 Å². The summed E-state index contributed by atoms with van der Waals surface area (Å²) in [6.07, 6.45) is 0. The molecule has 3 aromatic rings. The first-order valence-corrected chi connectivity index (χ1v) is 8.58. The number of rotatable bonds is 4. The minimum atomic E-state index is -0.766. The van der Waals surface area contributed by atoms with Crippen LogP contribution < -0.4 is 15.2 Å². The highest BCUT2D eigenvalue weighted by molar-refractivity contribution is 6.33. The highest BCUT2D eigenvalue weighted by atomic mass is 35.5. The van der Waals surface area contributed by atoms with E-state index < -0.39 is 5.97 Å². The maximum absolute atomic E-state index is 12.6. The Morgan fingerprint density at radius 3 is 2.82 bits per heavy atom. The highest BCUT2D eigenvalue weighted by Crippen LogP contribution is 2.33. The minimum absolute atomic E-state index is 0.0000469. The summed E-state index contributed by atoms with van der Waals surface area (Å²) >= 11 is 6.20. The molecule has 0 amide bonds. The quantitative estimate of drug-likeness (QED) is 0.309. The lowest BCUT2D eigenvalue weighted by Crippen LogP contribution is -2.15. The van der Waals surface area contributed by atoms with Gasteiger partial charge in [-0.1, -0.05) is 40.1 Å². The number of aromatic nitrogens is 1. The number of aryl methyl sites for hydroxylation is 1. The summed E-state index contributed by atoms with van der Waals surface area (Å²) in [5, 5.41) is 8.07. The van der Waals surface area contributed by atoms with Crippen molar-refractivity contribution in [2.75, 3.05) is 6.79 Å². The second kappa shape index (κ2) is 7.24. The van der Waals surface area contributed by atoms with E-state index in [1.54, 1.807) is 49.4 Å². The molecule has 0 unspecified atom stereocenters. The lowest BCUT2D eigenvalue weighted by Gasteiger charge is -2.04. The Bertz CT molecular complexity index is 1090. The molecule has 0 aliphatic carbocycles. The van der Waals surface area contributed by atoms with Gasteiger partial charge in [-0.2, -0.15) is 0 Å². The van der Waals surface area contributed by atoms with Crippen molar-refractivity contribution in [3.05, 3.63) is 64.4 Å². The van der Waals surface area contributed by atoms with E-state index in [2.05, 4.69) is 10.3 Å². The number of amidine groups is 1. The van der Waals surface area contributed by atoms with Crippen molar-refractivity contribution in [2.45, 2.75) is 6.92 Å². The minimum Gasteiger partial charge on any atom is -0.454 e. The third-order valence-electron chi connectivity index (χ3n) is 4.09. The van der Waals surface area contributed by atoms with Crippen molar-refractivity contribution >= 4 is 23.4 Å². The summed E-state index contributed by atoms with van der Waals surface area (Å²) in [6.45, 7) is 1.73. The molecule has 9 heteroatoms. The fourth-order valence-corrected chi connectivity index (χ4v) is 2.92. The molecule has 2 heterocycles. The smallest absolute Gasteiger partial charge is 0.371 e. The zero-order valence-electron chi connectivity index (χ0n) is 14.6. The zero-order chi connectivity index (χ0) is 19.7. The van der Waals surface area contributed by atoms with E-state index in [1.807, 2.05) is 0 Å². The molecule has 4 rings (SSSR count). The van der Waals surface area contributed by atoms with E-state index in [0.29, 0.717) is 27.6 Å².